The Morgan fingerprint density at radius 3 is 2.52 bits per heavy atom. The smallest absolute Gasteiger partial charge is 0.313 e. The van der Waals surface area contributed by atoms with Gasteiger partial charge in [-0.05, 0) is 25.0 Å². The molecule has 1 aliphatic heterocycles. The Morgan fingerprint density at radius 2 is 1.84 bits per heavy atom. The maximum absolute atomic E-state index is 12.8. The number of nitrogens with one attached hydrogen (secondary N) is 1. The summed E-state index contributed by atoms with van der Waals surface area (Å²) in [4.78, 5) is 22.8. The van der Waals surface area contributed by atoms with E-state index in [0.717, 1.165) is 19.3 Å². The van der Waals surface area contributed by atoms with Gasteiger partial charge in [0.05, 0.1) is 16.2 Å². The van der Waals surface area contributed by atoms with E-state index in [4.69, 9.17) is 5.11 Å². The molecule has 1 aromatic rings. The van der Waals surface area contributed by atoms with Gasteiger partial charge < -0.3 is 10.4 Å². The highest BCUT2D eigenvalue weighted by Crippen LogP contribution is 2.23. The minimum Gasteiger partial charge on any atom is -0.481 e. The van der Waals surface area contributed by atoms with Crippen LogP contribution in [-0.4, -0.2) is 60.8 Å². The van der Waals surface area contributed by atoms with Crippen LogP contribution in [0, 0.1) is 0 Å². The van der Waals surface area contributed by atoms with Gasteiger partial charge in [0.25, 0.3) is 5.91 Å². The van der Waals surface area contributed by atoms with Crippen molar-refractivity contribution in [2.24, 2.45) is 0 Å². The molecule has 0 aliphatic carbocycles. The summed E-state index contributed by atoms with van der Waals surface area (Å²) in [6.45, 7) is 1.23. The van der Waals surface area contributed by atoms with Gasteiger partial charge in [-0.3, -0.25) is 9.59 Å². The number of thioether (sulfide) groups is 1. The number of piperidine rings is 1. The molecule has 1 saturated heterocycles. The lowest BCUT2D eigenvalue weighted by Crippen LogP contribution is -2.37. The zero-order chi connectivity index (χ0) is 18.3. The fourth-order valence-corrected chi connectivity index (χ4v) is 4.89. The van der Waals surface area contributed by atoms with E-state index in [0.29, 0.717) is 18.8 Å². The summed E-state index contributed by atoms with van der Waals surface area (Å²) in [6, 6.07) is 6.19. The molecular formula is C16H22N2O5S2. The molecule has 0 atom stereocenters. The molecule has 0 bridgehead atoms. The van der Waals surface area contributed by atoms with Crippen molar-refractivity contribution in [3.8, 4) is 0 Å². The summed E-state index contributed by atoms with van der Waals surface area (Å²) < 4.78 is 27.1. The number of hydrogen-bond acceptors (Lipinski definition) is 5. The Hall–Kier alpha value is -1.58. The van der Waals surface area contributed by atoms with Gasteiger partial charge in [0.2, 0.25) is 10.0 Å². The molecule has 0 spiro atoms. The van der Waals surface area contributed by atoms with Crippen molar-refractivity contribution in [1.29, 1.82) is 0 Å². The van der Waals surface area contributed by atoms with E-state index < -0.39 is 21.9 Å². The third-order valence-corrected chi connectivity index (χ3v) is 6.72. The lowest BCUT2D eigenvalue weighted by molar-refractivity contribution is -0.133. The highest BCUT2D eigenvalue weighted by molar-refractivity contribution is 7.99. The molecule has 0 saturated carbocycles. The fourth-order valence-electron chi connectivity index (χ4n) is 2.61. The molecule has 1 aliphatic rings. The number of carbonyl (C=O) groups is 2. The number of hydrogen-bond donors (Lipinski definition) is 2. The monoisotopic (exact) mass is 386 g/mol. The van der Waals surface area contributed by atoms with Crippen LogP contribution in [0.4, 0.5) is 0 Å². The minimum atomic E-state index is -3.69. The summed E-state index contributed by atoms with van der Waals surface area (Å²) in [6.07, 6.45) is 2.67. The Balaban J connectivity index is 2.06. The lowest BCUT2D eigenvalue weighted by atomic mass is 10.2. The molecular weight excluding hydrogens is 364 g/mol. The Bertz CT molecular complexity index is 715. The number of amides is 1. The van der Waals surface area contributed by atoms with Crippen molar-refractivity contribution in [2.75, 3.05) is 31.1 Å². The molecule has 2 N–H and O–H groups in total. The van der Waals surface area contributed by atoms with E-state index in [-0.39, 0.29) is 22.8 Å². The van der Waals surface area contributed by atoms with Gasteiger partial charge in [0.1, 0.15) is 0 Å². The molecule has 9 heteroatoms. The molecule has 1 heterocycles. The standard InChI is InChI=1S/C16H22N2O5S2/c19-15(20)12-24-11-8-17-16(21)13-6-2-3-7-14(13)25(22,23)18-9-4-1-5-10-18/h2-3,6-7H,1,4-5,8-12H2,(H,17,21)(H,19,20). The van der Waals surface area contributed by atoms with Gasteiger partial charge in [-0.15, -0.1) is 11.8 Å². The average molecular weight is 386 g/mol. The predicted octanol–water partition coefficient (Wildman–Crippen LogP) is 1.41. The summed E-state index contributed by atoms with van der Waals surface area (Å²) in [5.74, 6) is -0.962. The summed E-state index contributed by atoms with van der Waals surface area (Å²) >= 11 is 1.19. The summed E-state index contributed by atoms with van der Waals surface area (Å²) in [7, 11) is -3.69. The highest BCUT2D eigenvalue weighted by atomic mass is 32.2. The van der Waals surface area contributed by atoms with Gasteiger partial charge in [-0.25, -0.2) is 8.42 Å². The number of aliphatic carboxylic acids is 1. The second kappa shape index (κ2) is 9.21. The van der Waals surface area contributed by atoms with Crippen LogP contribution in [0.5, 0.6) is 0 Å². The van der Waals surface area contributed by atoms with Gasteiger partial charge in [0, 0.05) is 25.4 Å². The number of rotatable bonds is 8. The van der Waals surface area contributed by atoms with Crippen molar-refractivity contribution in [3.05, 3.63) is 29.8 Å². The van der Waals surface area contributed by atoms with Crippen molar-refractivity contribution in [1.82, 2.24) is 9.62 Å². The first kappa shape index (κ1) is 19.7. The van der Waals surface area contributed by atoms with Crippen LogP contribution >= 0.6 is 11.8 Å². The van der Waals surface area contributed by atoms with Crippen LogP contribution in [0.3, 0.4) is 0 Å². The quantitative estimate of drug-likeness (QED) is 0.655. The van der Waals surface area contributed by atoms with E-state index >= 15 is 0 Å². The third-order valence-electron chi connectivity index (χ3n) is 3.82. The van der Waals surface area contributed by atoms with Gasteiger partial charge in [0.15, 0.2) is 0 Å². The van der Waals surface area contributed by atoms with E-state index in [2.05, 4.69) is 5.32 Å². The van der Waals surface area contributed by atoms with Crippen LogP contribution in [0.2, 0.25) is 0 Å². The SMILES string of the molecule is O=C(O)CSCCNC(=O)c1ccccc1S(=O)(=O)N1CCCCC1. The van der Waals surface area contributed by atoms with Crippen molar-refractivity contribution < 1.29 is 23.1 Å². The molecule has 0 radical (unpaired) electrons. The van der Waals surface area contributed by atoms with Crippen LogP contribution in [0.15, 0.2) is 29.2 Å². The number of nitrogens with zero attached hydrogens (tertiary/aromatic N) is 1. The van der Waals surface area contributed by atoms with Gasteiger partial charge in [-0.1, -0.05) is 18.6 Å². The predicted molar refractivity (Wildman–Crippen MR) is 96.3 cm³/mol. The van der Waals surface area contributed by atoms with Crippen LogP contribution in [-0.2, 0) is 14.8 Å². The number of carboxylic acids is 1. The maximum atomic E-state index is 12.8. The molecule has 0 unspecified atom stereocenters. The number of benzene rings is 1. The number of carboxylic acid groups (broad SMARTS) is 1. The molecule has 2 rings (SSSR count). The first-order valence-electron chi connectivity index (χ1n) is 8.10. The molecule has 1 amide bonds. The van der Waals surface area contributed by atoms with Gasteiger partial charge >= 0.3 is 5.97 Å². The first-order chi connectivity index (χ1) is 11.9. The second-order valence-corrected chi connectivity index (χ2v) is 8.67. The molecule has 7 nitrogen and oxygen atoms in total. The average Bonchev–Trinajstić information content (AvgIpc) is 2.61. The molecule has 1 aromatic carbocycles. The van der Waals surface area contributed by atoms with Crippen LogP contribution in [0.25, 0.3) is 0 Å². The second-order valence-electron chi connectivity index (χ2n) is 5.66. The zero-order valence-corrected chi connectivity index (χ0v) is 15.4. The highest BCUT2D eigenvalue weighted by Gasteiger charge is 2.29. The van der Waals surface area contributed by atoms with E-state index in [1.807, 2.05) is 0 Å². The minimum absolute atomic E-state index is 0.0209. The van der Waals surface area contributed by atoms with Crippen molar-refractivity contribution in [3.63, 3.8) is 0 Å². The first-order valence-corrected chi connectivity index (χ1v) is 10.7. The van der Waals surface area contributed by atoms with E-state index in [9.17, 15) is 18.0 Å². The van der Waals surface area contributed by atoms with Crippen LogP contribution < -0.4 is 5.32 Å². The summed E-state index contributed by atoms with van der Waals surface area (Å²) in [5.41, 5.74) is 0.122. The number of sulfonamides is 1. The van der Waals surface area contributed by atoms with Crippen molar-refractivity contribution >= 4 is 33.7 Å². The molecule has 0 aromatic heterocycles. The topological polar surface area (TPSA) is 104 Å². The Labute approximate surface area is 151 Å². The molecule has 1 fully saturated rings. The maximum Gasteiger partial charge on any atom is 0.313 e. The Kier molecular flexibility index (Phi) is 7.27. The summed E-state index contributed by atoms with van der Waals surface area (Å²) in [5, 5.41) is 11.2. The van der Waals surface area contributed by atoms with Crippen molar-refractivity contribution in [2.45, 2.75) is 24.2 Å². The normalized spacial score (nSPS) is 15.7. The van der Waals surface area contributed by atoms with Gasteiger partial charge in [-0.2, -0.15) is 4.31 Å². The fraction of sp³-hybridized carbons (Fsp3) is 0.500. The third kappa shape index (κ3) is 5.45. The molecule has 138 valence electrons. The number of carbonyl (C=O) groups excluding carboxylic acids is 1. The van der Waals surface area contributed by atoms with E-state index in [1.165, 1.54) is 28.2 Å². The lowest BCUT2D eigenvalue weighted by Gasteiger charge is -2.26. The van der Waals surface area contributed by atoms with E-state index in [1.54, 1.807) is 12.1 Å². The zero-order valence-electron chi connectivity index (χ0n) is 13.8. The molecule has 25 heavy (non-hydrogen) atoms. The largest absolute Gasteiger partial charge is 0.481 e. The Morgan fingerprint density at radius 1 is 1.16 bits per heavy atom. The van der Waals surface area contributed by atoms with Crippen LogP contribution in [0.1, 0.15) is 29.6 Å².